The highest BCUT2D eigenvalue weighted by Crippen LogP contribution is 2.41. The molecule has 4 rings (SSSR count). The number of nitrogens with zero attached hydrogens (tertiary/aromatic N) is 1. The van der Waals surface area contributed by atoms with E-state index < -0.39 is 40.4 Å². The number of sulfonamides is 1. The molecule has 2 aliphatic heterocycles. The number of hydrogen-bond donors (Lipinski definition) is 1. The third-order valence-corrected chi connectivity index (χ3v) is 8.72. The van der Waals surface area contributed by atoms with E-state index in [1.165, 1.54) is 4.31 Å². The number of rotatable bonds is 8. The molecule has 0 spiro atoms. The first kappa shape index (κ1) is 25.8. The minimum absolute atomic E-state index is 0.164. The van der Waals surface area contributed by atoms with E-state index >= 15 is 0 Å². The fourth-order valence-electron chi connectivity index (χ4n) is 4.42. The van der Waals surface area contributed by atoms with Gasteiger partial charge in [-0.2, -0.15) is 4.31 Å². The quantitative estimate of drug-likeness (QED) is 0.529. The van der Waals surface area contributed by atoms with Gasteiger partial charge in [-0.15, -0.1) is 0 Å². The Labute approximate surface area is 210 Å². The van der Waals surface area contributed by atoms with Crippen molar-refractivity contribution in [3.63, 3.8) is 0 Å². The third kappa shape index (κ3) is 5.41. The average Bonchev–Trinajstić information content (AvgIpc) is 3.23. The van der Waals surface area contributed by atoms with Crippen molar-refractivity contribution in [2.45, 2.75) is 82.4 Å². The van der Waals surface area contributed by atoms with Gasteiger partial charge in [-0.05, 0) is 44.5 Å². The second-order valence-electron chi connectivity index (χ2n) is 9.65. The van der Waals surface area contributed by atoms with Gasteiger partial charge in [-0.3, -0.25) is 0 Å². The van der Waals surface area contributed by atoms with E-state index in [2.05, 4.69) is 21.2 Å². The molecule has 0 aromatic heterocycles. The zero-order valence-electron chi connectivity index (χ0n) is 20.2. The lowest BCUT2D eigenvalue weighted by molar-refractivity contribution is -0.209. The Morgan fingerprint density at radius 1 is 1.09 bits per heavy atom. The summed E-state index contributed by atoms with van der Waals surface area (Å²) in [6, 6.07) is 14.2. The van der Waals surface area contributed by atoms with Crippen molar-refractivity contribution in [3.05, 3.63) is 64.1 Å². The number of hydrogen-bond acceptors (Lipinski definition) is 6. The Kier molecular flexibility index (Phi) is 7.55. The van der Waals surface area contributed by atoms with Gasteiger partial charge < -0.3 is 19.5 Å². The SMILES string of the molecule is Cc1ccc(S(=O)(=O)N(Cc2ccccc2Br)[C@@H]2[C@H]3OC(C)(C)O[C@H]3O[C@@H]2CNC(C)C)cc1. The summed E-state index contributed by atoms with van der Waals surface area (Å²) >= 11 is 3.58. The maximum Gasteiger partial charge on any atom is 0.243 e. The molecule has 9 heteroatoms. The molecule has 1 N–H and O–H groups in total. The normalized spacial score (nSPS) is 26.4. The van der Waals surface area contributed by atoms with Gasteiger partial charge in [0.25, 0.3) is 0 Å². The van der Waals surface area contributed by atoms with Gasteiger partial charge in [-0.25, -0.2) is 8.42 Å². The van der Waals surface area contributed by atoms with Crippen molar-refractivity contribution in [3.8, 4) is 0 Å². The predicted octanol–water partition coefficient (Wildman–Crippen LogP) is 4.19. The summed E-state index contributed by atoms with van der Waals surface area (Å²) in [6.45, 7) is 10.3. The number of fused-ring (bicyclic) bond motifs is 1. The molecule has 2 aromatic carbocycles. The van der Waals surface area contributed by atoms with E-state index in [9.17, 15) is 8.42 Å². The molecule has 34 heavy (non-hydrogen) atoms. The molecular weight excluding hydrogens is 520 g/mol. The van der Waals surface area contributed by atoms with E-state index in [4.69, 9.17) is 14.2 Å². The Hall–Kier alpha value is -1.33. The monoisotopic (exact) mass is 552 g/mol. The Morgan fingerprint density at radius 2 is 1.76 bits per heavy atom. The van der Waals surface area contributed by atoms with Crippen LogP contribution < -0.4 is 5.32 Å². The van der Waals surface area contributed by atoms with Gasteiger partial charge in [0.05, 0.1) is 17.0 Å². The number of nitrogens with one attached hydrogen (secondary N) is 1. The van der Waals surface area contributed by atoms with E-state index in [1.807, 2.05) is 71.0 Å². The van der Waals surface area contributed by atoms with Crippen LogP contribution in [0.1, 0.15) is 38.8 Å². The Morgan fingerprint density at radius 3 is 2.41 bits per heavy atom. The number of halogens is 1. The van der Waals surface area contributed by atoms with Crippen LogP contribution in [0.5, 0.6) is 0 Å². The van der Waals surface area contributed by atoms with Crippen molar-refractivity contribution in [1.82, 2.24) is 9.62 Å². The lowest BCUT2D eigenvalue weighted by Gasteiger charge is -2.35. The third-order valence-electron chi connectivity index (χ3n) is 6.09. The molecule has 0 radical (unpaired) electrons. The van der Waals surface area contributed by atoms with Crippen LogP contribution in [0.2, 0.25) is 0 Å². The van der Waals surface area contributed by atoms with Crippen molar-refractivity contribution in [2.75, 3.05) is 6.54 Å². The average molecular weight is 554 g/mol. The molecule has 2 aromatic rings. The first-order valence-corrected chi connectivity index (χ1v) is 13.8. The first-order chi connectivity index (χ1) is 16.0. The Bertz CT molecular complexity index is 1110. The highest BCUT2D eigenvalue weighted by molar-refractivity contribution is 9.10. The minimum Gasteiger partial charge on any atom is -0.343 e. The lowest BCUT2D eigenvalue weighted by atomic mass is 10.1. The molecule has 0 unspecified atom stereocenters. The smallest absolute Gasteiger partial charge is 0.243 e. The molecule has 2 fully saturated rings. The van der Waals surface area contributed by atoms with Crippen LogP contribution in [0.4, 0.5) is 0 Å². The summed E-state index contributed by atoms with van der Waals surface area (Å²) in [5, 5.41) is 3.39. The van der Waals surface area contributed by atoms with Crippen LogP contribution in [-0.4, -0.2) is 55.6 Å². The van der Waals surface area contributed by atoms with Crippen LogP contribution in [0.3, 0.4) is 0 Å². The van der Waals surface area contributed by atoms with Crippen molar-refractivity contribution in [1.29, 1.82) is 0 Å². The van der Waals surface area contributed by atoms with Crippen LogP contribution in [0.25, 0.3) is 0 Å². The van der Waals surface area contributed by atoms with Gasteiger partial charge >= 0.3 is 0 Å². The fraction of sp³-hybridized carbons (Fsp3) is 0.520. The van der Waals surface area contributed by atoms with Crippen molar-refractivity contribution in [2.24, 2.45) is 0 Å². The van der Waals surface area contributed by atoms with E-state index in [0.717, 1.165) is 15.6 Å². The highest BCUT2D eigenvalue weighted by Gasteiger charge is 2.58. The molecule has 0 amide bonds. The van der Waals surface area contributed by atoms with Gasteiger partial charge in [0, 0.05) is 23.6 Å². The van der Waals surface area contributed by atoms with Crippen LogP contribution in [0.15, 0.2) is 57.9 Å². The predicted molar refractivity (Wildman–Crippen MR) is 134 cm³/mol. The first-order valence-electron chi connectivity index (χ1n) is 11.5. The van der Waals surface area contributed by atoms with Crippen LogP contribution in [0, 0.1) is 6.92 Å². The second kappa shape index (κ2) is 9.97. The molecule has 2 aliphatic rings. The standard InChI is InChI=1S/C25H33BrN2O5S/c1-16(2)27-14-21-22(23-24(31-21)33-25(4,5)32-23)28(15-18-8-6-7-9-20(18)26)34(29,30)19-12-10-17(3)11-13-19/h6-13,16,21-24,27H,14-15H2,1-5H3/t21-,22+,23-,24-/m1/s1. The summed E-state index contributed by atoms with van der Waals surface area (Å²) < 4.78 is 49.1. The van der Waals surface area contributed by atoms with E-state index in [-0.39, 0.29) is 17.5 Å². The molecule has 0 bridgehead atoms. The second-order valence-corrected chi connectivity index (χ2v) is 12.4. The molecule has 2 heterocycles. The van der Waals surface area contributed by atoms with Crippen molar-refractivity contribution < 1.29 is 22.6 Å². The van der Waals surface area contributed by atoms with Gasteiger partial charge in [0.15, 0.2) is 12.1 Å². The van der Waals surface area contributed by atoms with Gasteiger partial charge in [0.1, 0.15) is 6.10 Å². The molecular formula is C25H33BrN2O5S. The largest absolute Gasteiger partial charge is 0.343 e. The van der Waals surface area contributed by atoms with Crippen LogP contribution >= 0.6 is 15.9 Å². The summed E-state index contributed by atoms with van der Waals surface area (Å²) in [4.78, 5) is 0.238. The van der Waals surface area contributed by atoms with Gasteiger partial charge in [0.2, 0.25) is 10.0 Å². The molecule has 2 saturated heterocycles. The Balaban J connectivity index is 1.79. The van der Waals surface area contributed by atoms with Crippen LogP contribution in [-0.2, 0) is 30.8 Å². The summed E-state index contributed by atoms with van der Waals surface area (Å²) in [7, 11) is -3.89. The topological polar surface area (TPSA) is 77.1 Å². The molecule has 0 saturated carbocycles. The number of aryl methyl sites for hydroxylation is 1. The molecule has 186 valence electrons. The molecule has 4 atom stereocenters. The maximum absolute atomic E-state index is 14.1. The number of benzene rings is 2. The number of ether oxygens (including phenoxy) is 3. The maximum atomic E-state index is 14.1. The van der Waals surface area contributed by atoms with Crippen molar-refractivity contribution >= 4 is 26.0 Å². The molecule has 0 aliphatic carbocycles. The van der Waals surface area contributed by atoms with Gasteiger partial charge in [-0.1, -0.05) is 65.7 Å². The minimum atomic E-state index is -3.89. The lowest BCUT2D eigenvalue weighted by Crippen LogP contribution is -2.53. The zero-order valence-corrected chi connectivity index (χ0v) is 22.6. The summed E-state index contributed by atoms with van der Waals surface area (Å²) in [6.07, 6.45) is -1.65. The molecule has 7 nitrogen and oxygen atoms in total. The summed E-state index contributed by atoms with van der Waals surface area (Å²) in [5.74, 6) is -0.864. The highest BCUT2D eigenvalue weighted by atomic mass is 79.9. The fourth-order valence-corrected chi connectivity index (χ4v) is 6.47. The zero-order chi connectivity index (χ0) is 24.7. The van der Waals surface area contributed by atoms with E-state index in [1.54, 1.807) is 12.1 Å². The van der Waals surface area contributed by atoms with E-state index in [0.29, 0.717) is 6.54 Å². The summed E-state index contributed by atoms with van der Waals surface area (Å²) in [5.41, 5.74) is 1.85.